The van der Waals surface area contributed by atoms with Crippen LogP contribution in [0.3, 0.4) is 0 Å². The van der Waals surface area contributed by atoms with Crippen molar-refractivity contribution in [2.24, 2.45) is 0 Å². The molecule has 1 rings (SSSR count). The molecular weight excluding hydrogens is 1050 g/mol. The topological polar surface area (TPSA) is 248 Å². The van der Waals surface area contributed by atoms with Gasteiger partial charge in [-0.2, -0.15) is 8.42 Å². The van der Waals surface area contributed by atoms with Gasteiger partial charge in [0.15, 0.2) is 0 Å². The van der Waals surface area contributed by atoms with Gasteiger partial charge in [-0.15, -0.1) is 0 Å². The van der Waals surface area contributed by atoms with Gasteiger partial charge in [0, 0.05) is 13.2 Å². The summed E-state index contributed by atoms with van der Waals surface area (Å²) in [5.41, 5.74) is 0.976. The van der Waals surface area contributed by atoms with Gasteiger partial charge in [0.25, 0.3) is 10.1 Å². The summed E-state index contributed by atoms with van der Waals surface area (Å²) in [6, 6.07) is 6.48. The highest BCUT2D eigenvalue weighted by atomic mass is 32.2. The summed E-state index contributed by atoms with van der Waals surface area (Å²) < 4.78 is 137. The molecule has 0 aliphatic carbocycles. The van der Waals surface area contributed by atoms with Crippen molar-refractivity contribution in [2.45, 2.75) is 38.5 Å². The molecule has 25 heteroatoms. The Morgan fingerprint density at radius 2 is 0.436 bits per heavy atom. The van der Waals surface area contributed by atoms with Crippen molar-refractivity contribution in [3.05, 3.63) is 29.8 Å². The van der Waals surface area contributed by atoms with Crippen LogP contribution >= 0.6 is 0 Å². The molecule has 0 bridgehead atoms. The molecule has 0 aliphatic heterocycles. The van der Waals surface area contributed by atoms with Crippen molar-refractivity contribution in [1.82, 2.24) is 0 Å². The summed E-state index contributed by atoms with van der Waals surface area (Å²) in [7, 11) is -3.77. The van der Waals surface area contributed by atoms with E-state index < -0.39 is 10.1 Å². The molecule has 1 aromatic carbocycles. The maximum absolute atomic E-state index is 12.1. The van der Waals surface area contributed by atoms with Crippen LogP contribution in [0.25, 0.3) is 0 Å². The zero-order valence-corrected chi connectivity index (χ0v) is 48.5. The Labute approximate surface area is 467 Å². The Balaban J connectivity index is 0.00000157. The SMILES string of the molecule is CCCOCCOCCOCCOCCOCCOCCOCCOCCOCCOCCO.CCCOCCOCCOCCOCCOCCOCCOCCOCCOCCOCCOS(=O)(=O)c1ccc(C)cc1. The minimum Gasteiger partial charge on any atom is -0.394 e. The number of hydrogen-bond donors (Lipinski definition) is 1. The highest BCUT2D eigenvalue weighted by Crippen LogP contribution is 2.13. The Morgan fingerprint density at radius 3 is 0.615 bits per heavy atom. The molecule has 464 valence electrons. The van der Waals surface area contributed by atoms with Gasteiger partial charge in [-0.25, -0.2) is 0 Å². The standard InChI is InChI=1S/C30H54O13S.C23H48O11/c1-3-8-33-9-10-34-11-12-35-13-14-36-15-16-37-17-18-38-19-20-39-21-22-40-23-24-41-25-26-42-27-28-43-44(31,32)30-6-4-29(2)5-7-30;1-2-4-25-6-8-27-10-12-29-14-16-31-18-20-33-22-23-34-21-19-32-17-15-30-13-11-28-9-7-26-5-3-24/h4-7H,3,8-28H2,1-2H3;24H,2-23H2,1H3. The summed E-state index contributed by atoms with van der Waals surface area (Å²) in [5.74, 6) is 0. The first kappa shape index (κ1) is 76.3. The Morgan fingerprint density at radius 1 is 0.269 bits per heavy atom. The Hall–Kier alpha value is -1.71. The van der Waals surface area contributed by atoms with Crippen LogP contribution in [0.5, 0.6) is 0 Å². The lowest BCUT2D eigenvalue weighted by Crippen LogP contribution is -2.15. The van der Waals surface area contributed by atoms with E-state index in [1.165, 1.54) is 12.1 Å². The predicted molar refractivity (Wildman–Crippen MR) is 288 cm³/mol. The van der Waals surface area contributed by atoms with Crippen LogP contribution in [0.15, 0.2) is 29.2 Å². The average molecular weight is 1160 g/mol. The third-order valence-electron chi connectivity index (χ3n) is 9.40. The fourth-order valence-corrected chi connectivity index (χ4v) is 6.38. The molecular formula is C53H102O24S. The average Bonchev–Trinajstić information content (AvgIpc) is 3.44. The van der Waals surface area contributed by atoms with Crippen molar-refractivity contribution in [3.8, 4) is 0 Å². The molecule has 1 N–H and O–H groups in total. The van der Waals surface area contributed by atoms with Crippen LogP contribution in [0.4, 0.5) is 0 Å². The molecule has 0 amide bonds. The number of ether oxygens (including phenoxy) is 20. The van der Waals surface area contributed by atoms with Crippen LogP contribution < -0.4 is 0 Å². The number of benzene rings is 1. The first-order valence-corrected chi connectivity index (χ1v) is 29.0. The zero-order chi connectivity index (χ0) is 56.4. The molecule has 24 nitrogen and oxygen atoms in total. The van der Waals surface area contributed by atoms with Crippen molar-refractivity contribution in [3.63, 3.8) is 0 Å². The molecule has 0 saturated carbocycles. The van der Waals surface area contributed by atoms with Gasteiger partial charge >= 0.3 is 0 Å². The molecule has 1 aromatic rings. The zero-order valence-electron chi connectivity index (χ0n) is 47.7. The molecule has 0 spiro atoms. The maximum atomic E-state index is 12.1. The second kappa shape index (κ2) is 66.1. The van der Waals surface area contributed by atoms with E-state index in [1.807, 2.05) is 6.92 Å². The summed E-state index contributed by atoms with van der Waals surface area (Å²) in [6.45, 7) is 26.5. The largest absolute Gasteiger partial charge is 0.394 e. The van der Waals surface area contributed by atoms with E-state index in [1.54, 1.807) is 12.1 Å². The summed E-state index contributed by atoms with van der Waals surface area (Å²) in [6.07, 6.45) is 2.04. The van der Waals surface area contributed by atoms with Crippen LogP contribution in [0.1, 0.15) is 32.3 Å². The third kappa shape index (κ3) is 61.9. The summed E-state index contributed by atoms with van der Waals surface area (Å²) in [5, 5.41) is 8.55. The van der Waals surface area contributed by atoms with E-state index in [9.17, 15) is 8.42 Å². The van der Waals surface area contributed by atoms with Crippen molar-refractivity contribution >= 4 is 10.1 Å². The second-order valence-corrected chi connectivity index (χ2v) is 17.7. The van der Waals surface area contributed by atoms with Crippen molar-refractivity contribution in [1.29, 1.82) is 0 Å². The number of hydrogen-bond acceptors (Lipinski definition) is 24. The minimum absolute atomic E-state index is 0.0301. The number of rotatable bonds is 65. The van der Waals surface area contributed by atoms with Crippen molar-refractivity contribution in [2.75, 3.05) is 277 Å². The van der Waals surface area contributed by atoms with Crippen molar-refractivity contribution < 1.29 is 112 Å². The van der Waals surface area contributed by atoms with Crippen LogP contribution in [-0.4, -0.2) is 291 Å². The predicted octanol–water partition coefficient (Wildman–Crippen LogP) is 2.83. The Kier molecular flexibility index (Phi) is 64.6. The lowest BCUT2D eigenvalue weighted by molar-refractivity contribution is -0.0268. The van der Waals surface area contributed by atoms with Gasteiger partial charge in [0.05, 0.1) is 269 Å². The molecule has 0 atom stereocenters. The highest BCUT2D eigenvalue weighted by Gasteiger charge is 2.14. The van der Waals surface area contributed by atoms with Crippen LogP contribution in [0.2, 0.25) is 0 Å². The number of aliphatic hydroxyl groups excluding tert-OH is 1. The molecule has 0 aromatic heterocycles. The Bertz CT molecular complexity index is 1340. The van der Waals surface area contributed by atoms with Gasteiger partial charge in [-0.05, 0) is 31.9 Å². The quantitative estimate of drug-likeness (QED) is 0.0728. The summed E-state index contributed by atoms with van der Waals surface area (Å²) >= 11 is 0. The fraction of sp³-hybridized carbons (Fsp3) is 0.887. The molecule has 0 aliphatic rings. The fourth-order valence-electron chi connectivity index (χ4n) is 5.49. The van der Waals surface area contributed by atoms with E-state index in [0.29, 0.717) is 244 Å². The minimum atomic E-state index is -3.77. The molecule has 0 saturated heterocycles. The smallest absolute Gasteiger partial charge is 0.297 e. The first-order chi connectivity index (χ1) is 38.5. The summed E-state index contributed by atoms with van der Waals surface area (Å²) in [4.78, 5) is 0.130. The van der Waals surface area contributed by atoms with Crippen LogP contribution in [0, 0.1) is 6.92 Å². The van der Waals surface area contributed by atoms with Gasteiger partial charge in [-0.3, -0.25) is 4.18 Å². The van der Waals surface area contributed by atoms with E-state index in [0.717, 1.165) is 31.6 Å². The van der Waals surface area contributed by atoms with Gasteiger partial charge in [0.2, 0.25) is 0 Å². The normalized spacial score (nSPS) is 11.7. The van der Waals surface area contributed by atoms with E-state index in [4.69, 9.17) is 104 Å². The lowest BCUT2D eigenvalue weighted by Gasteiger charge is -2.09. The number of aryl methyl sites for hydroxylation is 1. The lowest BCUT2D eigenvalue weighted by atomic mass is 10.2. The van der Waals surface area contributed by atoms with E-state index >= 15 is 0 Å². The first-order valence-electron chi connectivity index (χ1n) is 27.6. The molecule has 0 heterocycles. The molecule has 0 fully saturated rings. The van der Waals surface area contributed by atoms with Gasteiger partial charge in [0.1, 0.15) is 0 Å². The van der Waals surface area contributed by atoms with E-state index in [2.05, 4.69) is 13.8 Å². The van der Waals surface area contributed by atoms with Gasteiger partial charge < -0.3 is 99.8 Å². The molecule has 0 unspecified atom stereocenters. The van der Waals surface area contributed by atoms with Crippen LogP contribution in [-0.2, 0) is 109 Å². The monoisotopic (exact) mass is 1150 g/mol. The third-order valence-corrected chi connectivity index (χ3v) is 10.7. The van der Waals surface area contributed by atoms with Gasteiger partial charge in [-0.1, -0.05) is 31.5 Å². The second-order valence-electron chi connectivity index (χ2n) is 16.1. The maximum Gasteiger partial charge on any atom is 0.297 e. The molecule has 78 heavy (non-hydrogen) atoms. The van der Waals surface area contributed by atoms with E-state index in [-0.39, 0.29) is 24.7 Å². The highest BCUT2D eigenvalue weighted by molar-refractivity contribution is 7.86. The molecule has 0 radical (unpaired) electrons. The number of aliphatic hydroxyl groups is 1.